The fourth-order valence-corrected chi connectivity index (χ4v) is 5.37. The standard InChI is InChI=1S/C28H33N7O/c1-4-28(36)12-9-20-5-8-24(32-25(20)28)33-26-21(16-29)17-30-27(34-26)31-22-6-7-23(18(2)15-22)19-10-13-35(3)14-11-19/h5-8,15,17,19,36H,4,9-14H2,1-3H3,(H2,30,31,32,33,34). The molecule has 1 aliphatic heterocycles. The Labute approximate surface area is 212 Å². The lowest BCUT2D eigenvalue weighted by atomic mass is 9.87. The van der Waals surface area contributed by atoms with E-state index in [-0.39, 0.29) is 0 Å². The van der Waals surface area contributed by atoms with E-state index in [1.807, 2.05) is 19.1 Å². The van der Waals surface area contributed by atoms with Crippen molar-refractivity contribution < 1.29 is 5.11 Å². The van der Waals surface area contributed by atoms with Gasteiger partial charge in [-0.3, -0.25) is 0 Å². The first-order valence-electron chi connectivity index (χ1n) is 12.7. The number of piperidine rings is 1. The molecule has 1 aliphatic carbocycles. The second kappa shape index (κ2) is 9.84. The van der Waals surface area contributed by atoms with E-state index >= 15 is 0 Å². The lowest BCUT2D eigenvalue weighted by Gasteiger charge is -2.30. The van der Waals surface area contributed by atoms with Crippen LogP contribution in [0.15, 0.2) is 36.5 Å². The molecule has 1 fully saturated rings. The molecule has 186 valence electrons. The van der Waals surface area contributed by atoms with Crippen molar-refractivity contribution in [1.82, 2.24) is 19.9 Å². The normalized spacial score (nSPS) is 20.1. The molecule has 1 saturated heterocycles. The third kappa shape index (κ3) is 4.77. The average Bonchev–Trinajstić information content (AvgIpc) is 3.22. The number of likely N-dealkylation sites (tertiary alicyclic amines) is 1. The topological polar surface area (TPSA) is 110 Å². The molecular weight excluding hydrogens is 450 g/mol. The van der Waals surface area contributed by atoms with Crippen molar-refractivity contribution in [2.75, 3.05) is 30.8 Å². The minimum atomic E-state index is -0.902. The zero-order valence-corrected chi connectivity index (χ0v) is 21.2. The first kappa shape index (κ1) is 24.2. The number of hydrogen-bond donors (Lipinski definition) is 3. The van der Waals surface area contributed by atoms with Crippen molar-refractivity contribution in [2.45, 2.75) is 57.5 Å². The third-order valence-electron chi connectivity index (χ3n) is 7.65. The number of aryl methyl sites for hydroxylation is 2. The molecule has 3 heterocycles. The van der Waals surface area contributed by atoms with Crippen LogP contribution in [0.3, 0.4) is 0 Å². The number of rotatable bonds is 6. The molecule has 1 unspecified atom stereocenters. The van der Waals surface area contributed by atoms with E-state index in [9.17, 15) is 10.4 Å². The van der Waals surface area contributed by atoms with E-state index in [1.54, 1.807) is 0 Å². The number of fused-ring (bicyclic) bond motifs is 1. The van der Waals surface area contributed by atoms with Crippen LogP contribution in [0.5, 0.6) is 0 Å². The first-order chi connectivity index (χ1) is 17.4. The molecule has 8 nitrogen and oxygen atoms in total. The molecule has 1 aromatic carbocycles. The average molecular weight is 484 g/mol. The summed E-state index contributed by atoms with van der Waals surface area (Å²) in [6, 6.07) is 12.4. The van der Waals surface area contributed by atoms with Crippen molar-refractivity contribution in [3.63, 3.8) is 0 Å². The van der Waals surface area contributed by atoms with Gasteiger partial charge in [0.15, 0.2) is 5.82 Å². The van der Waals surface area contributed by atoms with Crippen LogP contribution in [0.2, 0.25) is 0 Å². The van der Waals surface area contributed by atoms with Gasteiger partial charge in [0, 0.05) is 5.69 Å². The zero-order chi connectivity index (χ0) is 25.3. The fraction of sp³-hybridized carbons (Fsp3) is 0.429. The van der Waals surface area contributed by atoms with E-state index in [0.29, 0.717) is 47.6 Å². The molecular formula is C28H33N7O. The van der Waals surface area contributed by atoms with E-state index in [0.717, 1.165) is 30.8 Å². The summed E-state index contributed by atoms with van der Waals surface area (Å²) < 4.78 is 0. The summed E-state index contributed by atoms with van der Waals surface area (Å²) in [6.45, 7) is 6.39. The minimum absolute atomic E-state index is 0.322. The van der Waals surface area contributed by atoms with E-state index in [2.05, 4.69) is 68.7 Å². The van der Waals surface area contributed by atoms with Crippen LogP contribution in [-0.4, -0.2) is 45.1 Å². The molecule has 0 radical (unpaired) electrons. The second-order valence-electron chi connectivity index (χ2n) is 10.1. The summed E-state index contributed by atoms with van der Waals surface area (Å²) >= 11 is 0. The van der Waals surface area contributed by atoms with Crippen LogP contribution in [0.25, 0.3) is 0 Å². The van der Waals surface area contributed by atoms with Gasteiger partial charge in [0.1, 0.15) is 23.1 Å². The Morgan fingerprint density at radius 3 is 2.69 bits per heavy atom. The van der Waals surface area contributed by atoms with Gasteiger partial charge >= 0.3 is 0 Å². The molecule has 3 N–H and O–H groups in total. The number of nitriles is 1. The van der Waals surface area contributed by atoms with Crippen LogP contribution in [-0.2, 0) is 12.0 Å². The van der Waals surface area contributed by atoms with Crippen LogP contribution >= 0.6 is 0 Å². The third-order valence-corrected chi connectivity index (χ3v) is 7.65. The number of aromatic nitrogens is 3. The van der Waals surface area contributed by atoms with Gasteiger partial charge in [0.25, 0.3) is 0 Å². The SMILES string of the molecule is CCC1(O)CCc2ccc(Nc3nc(Nc4ccc(C5CCN(C)CC5)c(C)c4)ncc3C#N)nc21. The van der Waals surface area contributed by atoms with Gasteiger partial charge in [0.2, 0.25) is 5.95 Å². The van der Waals surface area contributed by atoms with Gasteiger partial charge < -0.3 is 20.6 Å². The Morgan fingerprint density at radius 1 is 1.17 bits per heavy atom. The summed E-state index contributed by atoms with van der Waals surface area (Å²) in [5, 5.41) is 27.0. The molecule has 0 amide bonds. The number of hydrogen-bond acceptors (Lipinski definition) is 8. The van der Waals surface area contributed by atoms with Crippen molar-refractivity contribution in [2.24, 2.45) is 0 Å². The Morgan fingerprint density at radius 2 is 1.97 bits per heavy atom. The zero-order valence-electron chi connectivity index (χ0n) is 21.2. The number of aliphatic hydroxyl groups is 1. The van der Waals surface area contributed by atoms with Gasteiger partial charge in [-0.15, -0.1) is 0 Å². The van der Waals surface area contributed by atoms with Gasteiger partial charge in [-0.05, 0) is 100.0 Å². The number of nitrogens with zero attached hydrogens (tertiary/aromatic N) is 5. The number of nitrogens with one attached hydrogen (secondary N) is 2. The molecule has 0 saturated carbocycles. The predicted molar refractivity (Wildman–Crippen MR) is 141 cm³/mol. The van der Waals surface area contributed by atoms with Crippen LogP contribution in [0.1, 0.15) is 66.5 Å². The van der Waals surface area contributed by atoms with E-state index < -0.39 is 5.60 Å². The molecule has 0 bridgehead atoms. The van der Waals surface area contributed by atoms with Crippen LogP contribution in [0.4, 0.5) is 23.3 Å². The predicted octanol–water partition coefficient (Wildman–Crippen LogP) is 4.89. The number of pyridine rings is 1. The maximum absolute atomic E-state index is 10.9. The maximum Gasteiger partial charge on any atom is 0.229 e. The summed E-state index contributed by atoms with van der Waals surface area (Å²) in [7, 11) is 2.18. The van der Waals surface area contributed by atoms with Crippen molar-refractivity contribution in [3.8, 4) is 6.07 Å². The van der Waals surface area contributed by atoms with Gasteiger partial charge in [-0.2, -0.15) is 10.2 Å². The van der Waals surface area contributed by atoms with Gasteiger partial charge in [-0.1, -0.05) is 19.1 Å². The second-order valence-corrected chi connectivity index (χ2v) is 10.1. The molecule has 0 spiro atoms. The Hall–Kier alpha value is -3.54. The largest absolute Gasteiger partial charge is 0.384 e. The molecule has 5 rings (SSSR count). The van der Waals surface area contributed by atoms with Crippen LogP contribution in [0, 0.1) is 18.3 Å². The van der Waals surface area contributed by atoms with Crippen molar-refractivity contribution in [1.29, 1.82) is 5.26 Å². The Kier molecular flexibility index (Phi) is 6.61. The quantitative estimate of drug-likeness (QED) is 0.454. The summed E-state index contributed by atoms with van der Waals surface area (Å²) in [4.78, 5) is 16.0. The molecule has 36 heavy (non-hydrogen) atoms. The van der Waals surface area contributed by atoms with Gasteiger partial charge in [-0.25, -0.2) is 9.97 Å². The molecule has 3 aromatic rings. The smallest absolute Gasteiger partial charge is 0.229 e. The van der Waals surface area contributed by atoms with Crippen molar-refractivity contribution >= 4 is 23.3 Å². The van der Waals surface area contributed by atoms with E-state index in [1.165, 1.54) is 30.2 Å². The van der Waals surface area contributed by atoms with Crippen molar-refractivity contribution in [3.05, 3.63) is 64.5 Å². The monoisotopic (exact) mass is 483 g/mol. The first-order valence-corrected chi connectivity index (χ1v) is 12.7. The molecule has 8 heteroatoms. The van der Waals surface area contributed by atoms with Crippen LogP contribution < -0.4 is 10.6 Å². The Bertz CT molecular complexity index is 1310. The highest BCUT2D eigenvalue weighted by Crippen LogP contribution is 2.39. The van der Waals surface area contributed by atoms with Gasteiger partial charge in [0.05, 0.1) is 11.9 Å². The highest BCUT2D eigenvalue weighted by molar-refractivity contribution is 5.64. The minimum Gasteiger partial charge on any atom is -0.384 e. The summed E-state index contributed by atoms with van der Waals surface area (Å²) in [6.07, 6.45) is 5.98. The molecule has 1 atom stereocenters. The lowest BCUT2D eigenvalue weighted by molar-refractivity contribution is 0.0307. The summed E-state index contributed by atoms with van der Waals surface area (Å²) in [5.74, 6) is 1.92. The maximum atomic E-state index is 10.9. The lowest BCUT2D eigenvalue weighted by Crippen LogP contribution is -2.29. The number of benzene rings is 1. The highest BCUT2D eigenvalue weighted by atomic mass is 16.3. The summed E-state index contributed by atoms with van der Waals surface area (Å²) in [5.41, 5.74) is 4.77. The number of anilines is 4. The molecule has 2 aliphatic rings. The molecule has 2 aromatic heterocycles. The highest BCUT2D eigenvalue weighted by Gasteiger charge is 2.36. The van der Waals surface area contributed by atoms with E-state index in [4.69, 9.17) is 0 Å². The Balaban J connectivity index is 1.35. The fourth-order valence-electron chi connectivity index (χ4n) is 5.37.